The summed E-state index contributed by atoms with van der Waals surface area (Å²) in [7, 11) is -2.69. The Labute approximate surface area is 200 Å². The van der Waals surface area contributed by atoms with Crippen molar-refractivity contribution in [3.63, 3.8) is 0 Å². The van der Waals surface area contributed by atoms with E-state index in [0.29, 0.717) is 10.2 Å². The minimum absolute atomic E-state index is 0.0315. The van der Waals surface area contributed by atoms with Crippen molar-refractivity contribution >= 4 is 61.4 Å². The quantitative estimate of drug-likeness (QED) is 0.314. The molecule has 1 heterocycles. The number of carbonyl (C=O) groups excluding carboxylic acids is 1. The summed E-state index contributed by atoms with van der Waals surface area (Å²) in [4.78, 5) is 12.9. The van der Waals surface area contributed by atoms with E-state index >= 15 is 0 Å². The standard InChI is InChI=1S/C20H21ClN4O4S3/c1-3-11-30-20-24-23-19(31-20)22-18(26)13-25(16-12-14(21)9-10-17(16)29-2)32(27,28)15-7-5-4-6-8-15/h4-10,12H,3,11,13H2,1-2H3,(H,22,23,26). The molecule has 0 aliphatic carbocycles. The molecule has 0 unspecified atom stereocenters. The molecule has 0 saturated carbocycles. The van der Waals surface area contributed by atoms with Crippen LogP contribution in [0.4, 0.5) is 10.8 Å². The highest BCUT2D eigenvalue weighted by molar-refractivity contribution is 8.01. The largest absolute Gasteiger partial charge is 0.495 e. The molecule has 0 fully saturated rings. The number of ether oxygens (including phenoxy) is 1. The summed E-state index contributed by atoms with van der Waals surface area (Å²) in [6.07, 6.45) is 0.986. The minimum atomic E-state index is -4.10. The first-order valence-electron chi connectivity index (χ1n) is 9.52. The molecule has 0 saturated heterocycles. The van der Waals surface area contributed by atoms with Crippen LogP contribution in [0, 0.1) is 0 Å². The van der Waals surface area contributed by atoms with Gasteiger partial charge in [0.25, 0.3) is 10.0 Å². The Bertz CT molecular complexity index is 1170. The zero-order chi connectivity index (χ0) is 23.1. The van der Waals surface area contributed by atoms with Crippen molar-refractivity contribution < 1.29 is 17.9 Å². The topological polar surface area (TPSA) is 101 Å². The maximum absolute atomic E-state index is 13.4. The Morgan fingerprint density at radius 2 is 1.97 bits per heavy atom. The Balaban J connectivity index is 1.92. The summed E-state index contributed by atoms with van der Waals surface area (Å²) in [6.45, 7) is 1.55. The van der Waals surface area contributed by atoms with E-state index in [1.165, 1.54) is 36.6 Å². The number of thioether (sulfide) groups is 1. The van der Waals surface area contributed by atoms with Crippen LogP contribution in [-0.4, -0.2) is 43.9 Å². The maximum atomic E-state index is 13.4. The predicted molar refractivity (Wildman–Crippen MR) is 129 cm³/mol. The molecule has 0 bridgehead atoms. The average Bonchev–Trinajstić information content (AvgIpc) is 3.23. The predicted octanol–water partition coefficient (Wildman–Crippen LogP) is 4.54. The Morgan fingerprint density at radius 3 is 2.66 bits per heavy atom. The molecule has 2 aromatic carbocycles. The van der Waals surface area contributed by atoms with Crippen molar-refractivity contribution in [3.05, 3.63) is 53.6 Å². The molecule has 1 N–H and O–H groups in total. The molecule has 0 aliphatic rings. The van der Waals surface area contributed by atoms with Gasteiger partial charge in [0, 0.05) is 10.8 Å². The van der Waals surface area contributed by atoms with E-state index in [4.69, 9.17) is 16.3 Å². The number of anilines is 2. The second-order valence-electron chi connectivity index (χ2n) is 6.41. The zero-order valence-corrected chi connectivity index (χ0v) is 20.5. The molecule has 1 aromatic heterocycles. The van der Waals surface area contributed by atoms with Gasteiger partial charge < -0.3 is 4.74 Å². The summed E-state index contributed by atoms with van der Waals surface area (Å²) < 4.78 is 33.9. The van der Waals surface area contributed by atoms with Crippen LogP contribution in [0.25, 0.3) is 0 Å². The minimum Gasteiger partial charge on any atom is -0.495 e. The van der Waals surface area contributed by atoms with Gasteiger partial charge in [-0.15, -0.1) is 10.2 Å². The van der Waals surface area contributed by atoms with Gasteiger partial charge >= 0.3 is 0 Å². The van der Waals surface area contributed by atoms with Crippen LogP contribution < -0.4 is 14.4 Å². The van der Waals surface area contributed by atoms with Crippen molar-refractivity contribution in [2.75, 3.05) is 29.0 Å². The van der Waals surface area contributed by atoms with Gasteiger partial charge in [0.05, 0.1) is 17.7 Å². The second kappa shape index (κ2) is 11.0. The number of benzene rings is 2. The number of carbonyl (C=O) groups is 1. The highest BCUT2D eigenvalue weighted by Crippen LogP contribution is 2.35. The van der Waals surface area contributed by atoms with Crippen LogP contribution in [0.5, 0.6) is 5.75 Å². The third kappa shape index (κ3) is 5.91. The summed E-state index contributed by atoms with van der Waals surface area (Å²) >= 11 is 8.90. The van der Waals surface area contributed by atoms with E-state index in [0.717, 1.165) is 20.8 Å². The monoisotopic (exact) mass is 512 g/mol. The normalized spacial score (nSPS) is 11.2. The second-order valence-corrected chi connectivity index (χ2v) is 11.0. The molecule has 0 radical (unpaired) electrons. The molecule has 0 atom stereocenters. The molecule has 12 heteroatoms. The molecule has 1 amide bonds. The van der Waals surface area contributed by atoms with E-state index in [1.54, 1.807) is 42.1 Å². The van der Waals surface area contributed by atoms with Crippen molar-refractivity contribution in [2.45, 2.75) is 22.6 Å². The van der Waals surface area contributed by atoms with E-state index < -0.39 is 22.5 Å². The molecule has 0 aliphatic heterocycles. The molecular weight excluding hydrogens is 492 g/mol. The summed E-state index contributed by atoms with van der Waals surface area (Å²) in [5, 5.41) is 11.2. The fourth-order valence-electron chi connectivity index (χ4n) is 2.67. The molecule has 3 aromatic rings. The summed E-state index contributed by atoms with van der Waals surface area (Å²) in [6, 6.07) is 12.4. The van der Waals surface area contributed by atoms with E-state index in [-0.39, 0.29) is 16.3 Å². The molecule has 3 rings (SSSR count). The number of hydrogen-bond donors (Lipinski definition) is 1. The van der Waals surface area contributed by atoms with Gasteiger partial charge in [-0.05, 0) is 36.8 Å². The highest BCUT2D eigenvalue weighted by atomic mass is 35.5. The Kier molecular flexibility index (Phi) is 8.35. The third-order valence-electron chi connectivity index (χ3n) is 4.11. The smallest absolute Gasteiger partial charge is 0.264 e. The van der Waals surface area contributed by atoms with Crippen molar-refractivity contribution in [1.82, 2.24) is 10.2 Å². The first kappa shape index (κ1) is 24.3. The first-order chi connectivity index (χ1) is 15.3. The summed E-state index contributed by atoms with van der Waals surface area (Å²) in [5.74, 6) is 0.575. The highest BCUT2D eigenvalue weighted by Gasteiger charge is 2.30. The van der Waals surface area contributed by atoms with E-state index in [1.807, 2.05) is 0 Å². The number of nitrogens with zero attached hydrogens (tertiary/aromatic N) is 3. The molecule has 170 valence electrons. The van der Waals surface area contributed by atoms with Gasteiger partial charge in [-0.25, -0.2) is 8.42 Å². The molecule has 0 spiro atoms. The fourth-order valence-corrected chi connectivity index (χ4v) is 5.98. The van der Waals surface area contributed by atoms with Gasteiger partial charge in [-0.2, -0.15) is 0 Å². The van der Waals surface area contributed by atoms with Crippen molar-refractivity contribution in [1.29, 1.82) is 0 Å². The number of methoxy groups -OCH3 is 1. The van der Waals surface area contributed by atoms with Crippen LogP contribution >= 0.6 is 34.7 Å². The maximum Gasteiger partial charge on any atom is 0.264 e. The number of aromatic nitrogens is 2. The van der Waals surface area contributed by atoms with Crippen LogP contribution in [0.15, 0.2) is 57.8 Å². The third-order valence-corrected chi connectivity index (χ3v) is 8.30. The average molecular weight is 513 g/mol. The van der Waals surface area contributed by atoms with Gasteiger partial charge in [-0.3, -0.25) is 14.4 Å². The van der Waals surface area contributed by atoms with Crippen LogP contribution in [0.3, 0.4) is 0 Å². The molecular formula is C20H21ClN4O4S3. The lowest BCUT2D eigenvalue weighted by atomic mass is 10.3. The fraction of sp³-hybridized carbons (Fsp3) is 0.250. The number of halogens is 1. The van der Waals surface area contributed by atoms with Gasteiger partial charge in [-0.1, -0.05) is 59.8 Å². The molecule has 8 nitrogen and oxygen atoms in total. The van der Waals surface area contributed by atoms with Gasteiger partial charge in [0.2, 0.25) is 11.0 Å². The SMILES string of the molecule is CCCSc1nnc(NC(=O)CN(c2cc(Cl)ccc2OC)S(=O)(=O)c2ccccc2)s1. The van der Waals surface area contributed by atoms with Gasteiger partial charge in [0.1, 0.15) is 12.3 Å². The van der Waals surface area contributed by atoms with Crippen molar-refractivity contribution in [3.8, 4) is 5.75 Å². The summed E-state index contributed by atoms with van der Waals surface area (Å²) in [5.41, 5.74) is 0.149. The number of rotatable bonds is 10. The lowest BCUT2D eigenvalue weighted by Gasteiger charge is -2.25. The zero-order valence-electron chi connectivity index (χ0n) is 17.3. The Hall–Kier alpha value is -2.34. The van der Waals surface area contributed by atoms with Crippen molar-refractivity contribution in [2.24, 2.45) is 0 Å². The number of hydrogen-bond acceptors (Lipinski definition) is 8. The number of nitrogens with one attached hydrogen (secondary N) is 1. The molecule has 32 heavy (non-hydrogen) atoms. The lowest BCUT2D eigenvalue weighted by Crippen LogP contribution is -2.38. The van der Waals surface area contributed by atoms with Crippen LogP contribution in [-0.2, 0) is 14.8 Å². The van der Waals surface area contributed by atoms with E-state index in [2.05, 4.69) is 22.4 Å². The van der Waals surface area contributed by atoms with Gasteiger partial charge in [0.15, 0.2) is 4.34 Å². The Morgan fingerprint density at radius 1 is 1.22 bits per heavy atom. The lowest BCUT2D eigenvalue weighted by molar-refractivity contribution is -0.114. The van der Waals surface area contributed by atoms with Crippen LogP contribution in [0.1, 0.15) is 13.3 Å². The number of amides is 1. The first-order valence-corrected chi connectivity index (χ1v) is 13.1. The number of sulfonamides is 1. The van der Waals surface area contributed by atoms with Crippen LogP contribution in [0.2, 0.25) is 5.02 Å². The van der Waals surface area contributed by atoms with E-state index in [9.17, 15) is 13.2 Å².